The quantitative estimate of drug-likeness (QED) is 0.356. The molecule has 0 saturated carbocycles. The predicted molar refractivity (Wildman–Crippen MR) is 124 cm³/mol. The summed E-state index contributed by atoms with van der Waals surface area (Å²) in [5.41, 5.74) is 1.71. The number of fused-ring (bicyclic) bond motifs is 1. The van der Waals surface area contributed by atoms with Gasteiger partial charge >= 0.3 is 0 Å². The summed E-state index contributed by atoms with van der Waals surface area (Å²) in [6.45, 7) is 1.86. The molecule has 0 fully saturated rings. The van der Waals surface area contributed by atoms with Gasteiger partial charge in [0.15, 0.2) is 5.65 Å². The van der Waals surface area contributed by atoms with Crippen molar-refractivity contribution < 1.29 is 22.0 Å². The van der Waals surface area contributed by atoms with Crippen molar-refractivity contribution in [2.45, 2.75) is 43.7 Å². The van der Waals surface area contributed by atoms with E-state index in [0.29, 0.717) is 24.1 Å². The number of pyridine rings is 1. The van der Waals surface area contributed by atoms with Crippen LogP contribution in [-0.4, -0.2) is 66.4 Å². The minimum Gasteiger partial charge on any atom is -0.348 e. The molecule has 2 aromatic heterocycles. The molecule has 0 aliphatic carbocycles. The number of rotatable bonds is 12. The van der Waals surface area contributed by atoms with Crippen LogP contribution in [0.5, 0.6) is 0 Å². The average molecular weight is 495 g/mol. The van der Waals surface area contributed by atoms with Gasteiger partial charge in [0.25, 0.3) is 12.3 Å². The lowest BCUT2D eigenvalue weighted by Gasteiger charge is -2.22. The molecule has 184 valence electrons. The third-order valence-corrected chi connectivity index (χ3v) is 7.36. The van der Waals surface area contributed by atoms with Gasteiger partial charge < -0.3 is 10.6 Å². The van der Waals surface area contributed by atoms with Gasteiger partial charge in [-0.2, -0.15) is 5.10 Å². The van der Waals surface area contributed by atoms with E-state index in [0.717, 1.165) is 10.9 Å². The van der Waals surface area contributed by atoms with Crippen molar-refractivity contribution in [3.05, 3.63) is 53.9 Å². The van der Waals surface area contributed by atoms with Gasteiger partial charge in [0.05, 0.1) is 23.2 Å². The smallest absolute Gasteiger partial charge is 0.253 e. The molecule has 0 aliphatic rings. The Labute approximate surface area is 197 Å². The standard InChI is InChI=1S/C22H28F2N6O3S/c1-3-18(25-14-20(23)24)8-9-30(2)34(32,33)19-6-4-15(5-7-19)11-27-22(31)17-10-16-13-28-29-21(16)26-12-17/h4-7,10,12-13,18,20,25H,3,8-9,11,14H2,1-2H3,(H,27,31)(H,26,28,29). The van der Waals surface area contributed by atoms with Crippen LogP contribution in [0.4, 0.5) is 8.78 Å². The highest BCUT2D eigenvalue weighted by molar-refractivity contribution is 7.89. The SMILES string of the molecule is CCC(CCN(C)S(=O)(=O)c1ccc(CNC(=O)c2cnc3[nH]ncc3c2)cc1)NCC(F)F. The van der Waals surface area contributed by atoms with Crippen LogP contribution in [0.1, 0.15) is 35.7 Å². The normalized spacial score (nSPS) is 13.0. The second-order valence-electron chi connectivity index (χ2n) is 7.88. The summed E-state index contributed by atoms with van der Waals surface area (Å²) >= 11 is 0. The van der Waals surface area contributed by atoms with Crippen molar-refractivity contribution in [3.8, 4) is 0 Å². The van der Waals surface area contributed by atoms with Crippen molar-refractivity contribution in [2.24, 2.45) is 0 Å². The highest BCUT2D eigenvalue weighted by Gasteiger charge is 2.22. The van der Waals surface area contributed by atoms with Crippen LogP contribution in [0.25, 0.3) is 11.0 Å². The molecule has 0 spiro atoms. The largest absolute Gasteiger partial charge is 0.348 e. The second-order valence-corrected chi connectivity index (χ2v) is 9.92. The topological polar surface area (TPSA) is 120 Å². The molecular formula is C22H28F2N6O3S. The summed E-state index contributed by atoms with van der Waals surface area (Å²) in [5, 5.41) is 12.8. The van der Waals surface area contributed by atoms with Crippen molar-refractivity contribution in [1.29, 1.82) is 0 Å². The van der Waals surface area contributed by atoms with Crippen LogP contribution < -0.4 is 10.6 Å². The first-order chi connectivity index (χ1) is 16.2. The van der Waals surface area contributed by atoms with Crippen LogP contribution in [0.15, 0.2) is 47.6 Å². The fourth-order valence-corrected chi connectivity index (χ4v) is 4.55. The summed E-state index contributed by atoms with van der Waals surface area (Å²) in [7, 11) is -2.26. The number of carbonyl (C=O) groups excluding carboxylic acids is 1. The van der Waals surface area contributed by atoms with Gasteiger partial charge in [-0.15, -0.1) is 0 Å². The minimum absolute atomic E-state index is 0.119. The molecule has 3 N–H and O–H groups in total. The molecule has 9 nitrogen and oxygen atoms in total. The van der Waals surface area contributed by atoms with Gasteiger partial charge in [-0.1, -0.05) is 19.1 Å². The molecule has 1 unspecified atom stereocenters. The highest BCUT2D eigenvalue weighted by Crippen LogP contribution is 2.17. The number of alkyl halides is 2. The molecule has 0 bridgehead atoms. The molecule has 3 aromatic rings. The van der Waals surface area contributed by atoms with E-state index in [9.17, 15) is 22.0 Å². The van der Waals surface area contributed by atoms with Gasteiger partial charge in [-0.05, 0) is 36.6 Å². The number of aromatic nitrogens is 3. The van der Waals surface area contributed by atoms with Gasteiger partial charge in [0, 0.05) is 37.8 Å². The number of nitrogens with one attached hydrogen (secondary N) is 3. The lowest BCUT2D eigenvalue weighted by molar-refractivity contribution is 0.0950. The molecule has 0 radical (unpaired) electrons. The summed E-state index contributed by atoms with van der Waals surface area (Å²) in [6.07, 6.45) is 1.62. The number of carbonyl (C=O) groups is 1. The van der Waals surface area contributed by atoms with Crippen molar-refractivity contribution in [1.82, 2.24) is 30.1 Å². The summed E-state index contributed by atoms with van der Waals surface area (Å²) in [5.74, 6) is -0.307. The number of amides is 1. The summed E-state index contributed by atoms with van der Waals surface area (Å²) in [4.78, 5) is 16.7. The lowest BCUT2D eigenvalue weighted by atomic mass is 10.1. The highest BCUT2D eigenvalue weighted by atomic mass is 32.2. The van der Waals surface area contributed by atoms with Gasteiger partial charge in [-0.25, -0.2) is 26.5 Å². The van der Waals surface area contributed by atoms with Gasteiger partial charge in [0.1, 0.15) is 0 Å². The number of sulfonamides is 1. The minimum atomic E-state index is -3.73. The molecule has 0 saturated heterocycles. The van der Waals surface area contributed by atoms with Crippen LogP contribution in [0.3, 0.4) is 0 Å². The van der Waals surface area contributed by atoms with E-state index < -0.39 is 23.0 Å². The number of hydrogen-bond acceptors (Lipinski definition) is 6. The van der Waals surface area contributed by atoms with E-state index >= 15 is 0 Å². The lowest BCUT2D eigenvalue weighted by Crippen LogP contribution is -2.37. The Kier molecular flexibility index (Phi) is 8.64. The fraction of sp³-hybridized carbons (Fsp3) is 0.409. The molecule has 1 amide bonds. The summed E-state index contributed by atoms with van der Waals surface area (Å²) in [6, 6.07) is 7.73. The van der Waals surface area contributed by atoms with E-state index in [2.05, 4.69) is 25.8 Å². The van der Waals surface area contributed by atoms with E-state index in [4.69, 9.17) is 0 Å². The first-order valence-electron chi connectivity index (χ1n) is 10.8. The summed E-state index contributed by atoms with van der Waals surface area (Å²) < 4.78 is 51.7. The van der Waals surface area contributed by atoms with Crippen molar-refractivity contribution >= 4 is 27.0 Å². The Bertz CT molecular complexity index is 1200. The number of halogens is 2. The van der Waals surface area contributed by atoms with E-state index in [1.54, 1.807) is 24.4 Å². The van der Waals surface area contributed by atoms with Crippen molar-refractivity contribution in [3.63, 3.8) is 0 Å². The van der Waals surface area contributed by atoms with E-state index in [1.165, 1.54) is 29.7 Å². The third-order valence-electron chi connectivity index (χ3n) is 5.48. The van der Waals surface area contributed by atoms with Crippen LogP contribution in [0.2, 0.25) is 0 Å². The Morgan fingerprint density at radius 1 is 1.21 bits per heavy atom. The second kappa shape index (κ2) is 11.4. The van der Waals surface area contributed by atoms with Crippen LogP contribution >= 0.6 is 0 Å². The zero-order chi connectivity index (χ0) is 24.7. The number of H-pyrrole nitrogens is 1. The fourth-order valence-electron chi connectivity index (χ4n) is 3.37. The first kappa shape index (κ1) is 25.7. The van der Waals surface area contributed by atoms with E-state index in [-0.39, 0.29) is 29.9 Å². The zero-order valence-corrected chi connectivity index (χ0v) is 19.8. The number of hydrogen-bond donors (Lipinski definition) is 3. The Morgan fingerprint density at radius 2 is 1.94 bits per heavy atom. The number of aromatic amines is 1. The molecule has 1 aromatic carbocycles. The maximum atomic E-state index is 12.8. The number of benzene rings is 1. The first-order valence-corrected chi connectivity index (χ1v) is 12.3. The molecule has 1 atom stereocenters. The molecule has 12 heteroatoms. The van der Waals surface area contributed by atoms with Crippen molar-refractivity contribution in [2.75, 3.05) is 20.1 Å². The Hall–Kier alpha value is -2.96. The zero-order valence-electron chi connectivity index (χ0n) is 19.0. The maximum Gasteiger partial charge on any atom is 0.253 e. The molecular weight excluding hydrogens is 466 g/mol. The Morgan fingerprint density at radius 3 is 2.62 bits per heavy atom. The molecule has 34 heavy (non-hydrogen) atoms. The monoisotopic (exact) mass is 494 g/mol. The number of nitrogens with zero attached hydrogens (tertiary/aromatic N) is 3. The van der Waals surface area contributed by atoms with Gasteiger partial charge in [0.2, 0.25) is 10.0 Å². The average Bonchev–Trinajstić information content (AvgIpc) is 3.30. The molecule has 3 rings (SSSR count). The molecule has 0 aliphatic heterocycles. The van der Waals surface area contributed by atoms with E-state index in [1.807, 2.05) is 6.92 Å². The molecule has 2 heterocycles. The third kappa shape index (κ3) is 6.55. The van der Waals surface area contributed by atoms with Crippen LogP contribution in [-0.2, 0) is 16.6 Å². The van der Waals surface area contributed by atoms with Gasteiger partial charge in [-0.3, -0.25) is 9.89 Å². The van der Waals surface area contributed by atoms with Crippen LogP contribution in [0, 0.1) is 0 Å². The Balaban J connectivity index is 1.55. The maximum absolute atomic E-state index is 12.8. The predicted octanol–water partition coefficient (Wildman–Crippen LogP) is 2.53.